The van der Waals surface area contributed by atoms with Crippen molar-refractivity contribution in [2.45, 2.75) is 26.3 Å². The first kappa shape index (κ1) is 19.3. The molecule has 29 heavy (non-hydrogen) atoms. The molecule has 146 valence electrons. The standard InChI is InChI=1S/C26H26O2Si/c1-3-21-13-9-11-19-25(21)28-29(4-2,27-23-16-6-5-7-17-23)26-20-12-15-22-14-8-10-18-24(22)26/h5-20H,3-4H2,1-2H3. The van der Waals surface area contributed by atoms with Gasteiger partial charge in [-0.2, -0.15) is 0 Å². The van der Waals surface area contributed by atoms with Crippen LogP contribution in [0, 0.1) is 0 Å². The summed E-state index contributed by atoms with van der Waals surface area (Å²) < 4.78 is 13.7. The molecule has 4 aromatic rings. The number of para-hydroxylation sites is 2. The van der Waals surface area contributed by atoms with Crippen LogP contribution in [0.4, 0.5) is 0 Å². The highest BCUT2D eigenvalue weighted by Crippen LogP contribution is 2.28. The highest BCUT2D eigenvalue weighted by molar-refractivity contribution is 6.84. The highest BCUT2D eigenvalue weighted by Gasteiger charge is 2.44. The molecule has 2 nitrogen and oxygen atoms in total. The summed E-state index contributed by atoms with van der Waals surface area (Å²) in [5, 5.41) is 3.58. The zero-order valence-electron chi connectivity index (χ0n) is 17.0. The first-order valence-electron chi connectivity index (χ1n) is 10.2. The van der Waals surface area contributed by atoms with Crippen LogP contribution in [0.3, 0.4) is 0 Å². The number of aryl methyl sites for hydroxylation is 1. The molecule has 0 aliphatic heterocycles. The van der Waals surface area contributed by atoms with E-state index in [0.717, 1.165) is 24.0 Å². The average molecular weight is 399 g/mol. The average Bonchev–Trinajstić information content (AvgIpc) is 2.79. The first-order valence-corrected chi connectivity index (χ1v) is 12.3. The number of rotatable bonds is 7. The molecule has 0 aliphatic rings. The Labute approximate surface area is 174 Å². The smallest absolute Gasteiger partial charge is 0.496 e. The zero-order valence-corrected chi connectivity index (χ0v) is 18.0. The van der Waals surface area contributed by atoms with E-state index in [-0.39, 0.29) is 0 Å². The Hall–Kier alpha value is -3.04. The second-order valence-corrected chi connectivity index (χ2v) is 10.3. The van der Waals surface area contributed by atoms with E-state index >= 15 is 0 Å². The lowest BCUT2D eigenvalue weighted by Crippen LogP contribution is -2.59. The second kappa shape index (κ2) is 8.54. The largest absolute Gasteiger partial charge is 0.509 e. The quantitative estimate of drug-likeness (QED) is 0.344. The van der Waals surface area contributed by atoms with E-state index in [9.17, 15) is 0 Å². The van der Waals surface area contributed by atoms with Gasteiger partial charge in [-0.3, -0.25) is 0 Å². The monoisotopic (exact) mass is 398 g/mol. The van der Waals surface area contributed by atoms with Crippen molar-refractivity contribution in [3.63, 3.8) is 0 Å². The van der Waals surface area contributed by atoms with E-state index in [1.165, 1.54) is 21.5 Å². The molecule has 0 amide bonds. The molecule has 4 rings (SSSR count). The Balaban J connectivity index is 1.90. The molecule has 0 fully saturated rings. The summed E-state index contributed by atoms with van der Waals surface area (Å²) in [5.41, 5.74) is 1.20. The number of benzene rings is 4. The third kappa shape index (κ3) is 3.92. The molecule has 0 aliphatic carbocycles. The van der Waals surface area contributed by atoms with Crippen molar-refractivity contribution in [1.82, 2.24) is 0 Å². The van der Waals surface area contributed by atoms with Crippen LogP contribution in [0.15, 0.2) is 97.1 Å². The SMILES string of the molecule is CCc1ccccc1O[Si](CC)(Oc1ccccc1)c1cccc2ccccc12. The summed E-state index contributed by atoms with van der Waals surface area (Å²) in [6, 6.07) is 34.1. The van der Waals surface area contributed by atoms with Crippen molar-refractivity contribution in [1.29, 1.82) is 0 Å². The molecule has 0 bridgehead atoms. The summed E-state index contributed by atoms with van der Waals surface area (Å²) in [6.45, 7) is 4.33. The van der Waals surface area contributed by atoms with Gasteiger partial charge in [-0.25, -0.2) is 0 Å². The van der Waals surface area contributed by atoms with Crippen LogP contribution in [0.1, 0.15) is 19.4 Å². The van der Waals surface area contributed by atoms with Gasteiger partial charge in [-0.15, -0.1) is 0 Å². The van der Waals surface area contributed by atoms with Crippen LogP contribution in [-0.4, -0.2) is 8.56 Å². The molecule has 3 heteroatoms. The molecule has 1 unspecified atom stereocenters. The molecule has 4 aromatic carbocycles. The van der Waals surface area contributed by atoms with Crippen LogP contribution < -0.4 is 14.0 Å². The van der Waals surface area contributed by atoms with Gasteiger partial charge in [0.25, 0.3) is 0 Å². The van der Waals surface area contributed by atoms with Gasteiger partial charge in [0.1, 0.15) is 11.5 Å². The third-order valence-corrected chi connectivity index (χ3v) is 8.62. The van der Waals surface area contributed by atoms with E-state index in [2.05, 4.69) is 74.5 Å². The third-order valence-electron chi connectivity index (χ3n) is 5.32. The Morgan fingerprint density at radius 3 is 2.14 bits per heavy atom. The van der Waals surface area contributed by atoms with Gasteiger partial charge in [0.2, 0.25) is 0 Å². The molecule has 0 saturated carbocycles. The van der Waals surface area contributed by atoms with Gasteiger partial charge in [-0.1, -0.05) is 92.7 Å². The molecule has 1 atom stereocenters. The maximum atomic E-state index is 6.89. The topological polar surface area (TPSA) is 18.5 Å². The molecular weight excluding hydrogens is 372 g/mol. The molecular formula is C26H26O2Si. The van der Waals surface area contributed by atoms with E-state index in [4.69, 9.17) is 8.85 Å². The van der Waals surface area contributed by atoms with Crippen molar-refractivity contribution in [3.8, 4) is 11.5 Å². The lowest BCUT2D eigenvalue weighted by molar-refractivity contribution is 0.398. The van der Waals surface area contributed by atoms with Gasteiger partial charge < -0.3 is 8.85 Å². The van der Waals surface area contributed by atoms with Crippen molar-refractivity contribution >= 4 is 24.5 Å². The van der Waals surface area contributed by atoms with Crippen LogP contribution >= 0.6 is 0 Å². The van der Waals surface area contributed by atoms with Crippen molar-refractivity contribution in [2.24, 2.45) is 0 Å². The Bertz CT molecular complexity index is 1090. The number of hydrogen-bond donors (Lipinski definition) is 0. The molecule has 0 spiro atoms. The van der Waals surface area contributed by atoms with Gasteiger partial charge in [0.05, 0.1) is 0 Å². The highest BCUT2D eigenvalue weighted by atomic mass is 28.4. The van der Waals surface area contributed by atoms with Gasteiger partial charge in [0.15, 0.2) is 0 Å². The van der Waals surface area contributed by atoms with Gasteiger partial charge >= 0.3 is 8.56 Å². The zero-order chi connectivity index (χ0) is 20.1. The first-order chi connectivity index (χ1) is 14.3. The Morgan fingerprint density at radius 2 is 1.34 bits per heavy atom. The fourth-order valence-electron chi connectivity index (χ4n) is 3.78. The van der Waals surface area contributed by atoms with E-state index in [1.54, 1.807) is 0 Å². The summed E-state index contributed by atoms with van der Waals surface area (Å²) in [5.74, 6) is 1.77. The van der Waals surface area contributed by atoms with Crippen molar-refractivity contribution in [3.05, 3.63) is 103 Å². The molecule has 0 radical (unpaired) electrons. The van der Waals surface area contributed by atoms with Gasteiger partial charge in [-0.05, 0) is 41.0 Å². The minimum absolute atomic E-state index is 0.800. The predicted molar refractivity (Wildman–Crippen MR) is 123 cm³/mol. The summed E-state index contributed by atoms with van der Waals surface area (Å²) in [7, 11) is -2.84. The fourth-order valence-corrected chi connectivity index (χ4v) is 6.77. The lowest BCUT2D eigenvalue weighted by Gasteiger charge is -2.32. The van der Waals surface area contributed by atoms with E-state index in [0.29, 0.717) is 0 Å². The maximum absolute atomic E-state index is 6.89. The van der Waals surface area contributed by atoms with Crippen molar-refractivity contribution in [2.75, 3.05) is 0 Å². The van der Waals surface area contributed by atoms with E-state index in [1.807, 2.05) is 36.4 Å². The van der Waals surface area contributed by atoms with Crippen LogP contribution in [0.5, 0.6) is 11.5 Å². The van der Waals surface area contributed by atoms with Crippen molar-refractivity contribution < 1.29 is 8.85 Å². The Kier molecular flexibility index (Phi) is 5.68. The minimum atomic E-state index is -2.84. The van der Waals surface area contributed by atoms with Crippen LogP contribution in [0.25, 0.3) is 10.8 Å². The summed E-state index contributed by atoms with van der Waals surface area (Å²) in [6.07, 6.45) is 0.922. The number of fused-ring (bicyclic) bond motifs is 1. The molecule has 0 aromatic heterocycles. The summed E-state index contributed by atoms with van der Waals surface area (Å²) >= 11 is 0. The van der Waals surface area contributed by atoms with Crippen LogP contribution in [0.2, 0.25) is 6.04 Å². The normalized spacial score (nSPS) is 13.0. The number of hydrogen-bond acceptors (Lipinski definition) is 2. The second-order valence-electron chi connectivity index (χ2n) is 7.11. The molecule has 0 N–H and O–H groups in total. The fraction of sp³-hybridized carbons (Fsp3) is 0.154. The van der Waals surface area contributed by atoms with Crippen LogP contribution in [-0.2, 0) is 6.42 Å². The lowest BCUT2D eigenvalue weighted by atomic mass is 10.1. The maximum Gasteiger partial charge on any atom is 0.496 e. The molecule has 0 heterocycles. The molecule has 0 saturated heterocycles. The minimum Gasteiger partial charge on any atom is -0.509 e. The predicted octanol–water partition coefficient (Wildman–Crippen LogP) is 6.23. The summed E-state index contributed by atoms with van der Waals surface area (Å²) in [4.78, 5) is 0. The van der Waals surface area contributed by atoms with E-state index < -0.39 is 8.56 Å². The Morgan fingerprint density at radius 1 is 0.655 bits per heavy atom. The van der Waals surface area contributed by atoms with Gasteiger partial charge in [0, 0.05) is 11.2 Å².